The number of amides is 1. The van der Waals surface area contributed by atoms with Crippen LogP contribution in [0.5, 0.6) is 0 Å². The monoisotopic (exact) mass is 234 g/mol. The van der Waals surface area contributed by atoms with Gasteiger partial charge in [0.2, 0.25) is 0 Å². The summed E-state index contributed by atoms with van der Waals surface area (Å²) in [6.45, 7) is 1.51. The van der Waals surface area contributed by atoms with E-state index in [4.69, 9.17) is 15.8 Å². The van der Waals surface area contributed by atoms with Crippen molar-refractivity contribution in [3.63, 3.8) is 0 Å². The molecule has 5 nitrogen and oxygen atoms in total. The van der Waals surface area contributed by atoms with E-state index in [-0.39, 0.29) is 11.4 Å². The van der Waals surface area contributed by atoms with Crippen molar-refractivity contribution in [1.29, 1.82) is 0 Å². The second-order valence-electron chi connectivity index (χ2n) is 4.26. The van der Waals surface area contributed by atoms with Crippen molar-refractivity contribution in [1.82, 2.24) is 4.90 Å². The molecular weight excluding hydrogens is 219 g/mol. The lowest BCUT2D eigenvalue weighted by Crippen LogP contribution is -2.33. The Labute approximate surface area is 100.0 Å². The van der Waals surface area contributed by atoms with Crippen LogP contribution in [0.4, 0.5) is 5.69 Å². The molecule has 4 N–H and O–H groups in total. The van der Waals surface area contributed by atoms with Gasteiger partial charge in [-0.1, -0.05) is 0 Å². The predicted molar refractivity (Wildman–Crippen MR) is 65.8 cm³/mol. The molecule has 1 aromatic carbocycles. The first-order valence-corrected chi connectivity index (χ1v) is 5.64. The SMILES string of the molecule is Nc1cc(B(O)O)cc(C(=O)N2CCCC2)c1. The summed E-state index contributed by atoms with van der Waals surface area (Å²) in [5.74, 6) is -0.100. The van der Waals surface area contributed by atoms with E-state index in [0.717, 1.165) is 25.9 Å². The van der Waals surface area contributed by atoms with E-state index in [9.17, 15) is 4.79 Å². The van der Waals surface area contributed by atoms with Gasteiger partial charge in [-0.2, -0.15) is 0 Å². The summed E-state index contributed by atoms with van der Waals surface area (Å²) in [6, 6.07) is 4.49. The summed E-state index contributed by atoms with van der Waals surface area (Å²) >= 11 is 0. The van der Waals surface area contributed by atoms with E-state index in [1.807, 2.05) is 0 Å². The lowest BCUT2D eigenvalue weighted by atomic mass is 9.79. The third-order valence-corrected chi connectivity index (χ3v) is 2.92. The Kier molecular flexibility index (Phi) is 3.35. The fourth-order valence-corrected chi connectivity index (χ4v) is 2.05. The highest BCUT2D eigenvalue weighted by atomic mass is 16.4. The summed E-state index contributed by atoms with van der Waals surface area (Å²) in [7, 11) is -1.61. The summed E-state index contributed by atoms with van der Waals surface area (Å²) in [5.41, 5.74) is 6.66. The van der Waals surface area contributed by atoms with E-state index >= 15 is 0 Å². The van der Waals surface area contributed by atoms with Crippen LogP contribution in [-0.4, -0.2) is 41.1 Å². The van der Waals surface area contributed by atoms with E-state index < -0.39 is 7.12 Å². The molecule has 1 amide bonds. The number of hydrogen-bond donors (Lipinski definition) is 3. The molecule has 90 valence electrons. The summed E-state index contributed by atoms with van der Waals surface area (Å²) in [5, 5.41) is 18.2. The molecule has 0 spiro atoms. The van der Waals surface area contributed by atoms with E-state index in [1.165, 1.54) is 12.1 Å². The van der Waals surface area contributed by atoms with E-state index in [1.54, 1.807) is 11.0 Å². The normalized spacial score (nSPS) is 15.1. The zero-order valence-corrected chi connectivity index (χ0v) is 9.47. The maximum atomic E-state index is 12.1. The van der Waals surface area contributed by atoms with Gasteiger partial charge in [0.25, 0.3) is 5.91 Å². The third-order valence-electron chi connectivity index (χ3n) is 2.92. The Morgan fingerprint density at radius 2 is 1.88 bits per heavy atom. The summed E-state index contributed by atoms with van der Waals surface area (Å²) in [4.78, 5) is 13.8. The van der Waals surface area contributed by atoms with Crippen molar-refractivity contribution in [3.8, 4) is 0 Å². The number of benzene rings is 1. The summed E-state index contributed by atoms with van der Waals surface area (Å²) in [6.07, 6.45) is 2.03. The Bertz CT molecular complexity index is 431. The Hall–Kier alpha value is -1.53. The zero-order chi connectivity index (χ0) is 12.4. The average Bonchev–Trinajstić information content (AvgIpc) is 2.80. The van der Waals surface area contributed by atoms with Crippen molar-refractivity contribution in [2.75, 3.05) is 18.8 Å². The number of anilines is 1. The third kappa shape index (κ3) is 2.59. The van der Waals surface area contributed by atoms with Gasteiger partial charge in [0.1, 0.15) is 0 Å². The molecule has 1 saturated heterocycles. The number of nitrogen functional groups attached to an aromatic ring is 1. The molecule has 0 saturated carbocycles. The molecule has 0 radical (unpaired) electrons. The van der Waals surface area contributed by atoms with E-state index in [0.29, 0.717) is 11.3 Å². The molecule has 6 heteroatoms. The molecule has 1 aliphatic rings. The standard InChI is InChI=1S/C11H15BN2O3/c13-10-6-8(5-9(7-10)12(16)17)11(15)14-3-1-2-4-14/h5-7,16-17H,1-4,13H2. The van der Waals surface area contributed by atoms with Crippen molar-refractivity contribution >= 4 is 24.2 Å². The van der Waals surface area contributed by atoms with Crippen LogP contribution in [0, 0.1) is 0 Å². The van der Waals surface area contributed by atoms with Gasteiger partial charge in [0, 0.05) is 24.3 Å². The lowest BCUT2D eigenvalue weighted by molar-refractivity contribution is 0.0793. The Morgan fingerprint density at radius 3 is 2.47 bits per heavy atom. The highest BCUT2D eigenvalue weighted by Gasteiger charge is 2.21. The molecule has 0 aromatic heterocycles. The van der Waals surface area contributed by atoms with Gasteiger partial charge in [-0.05, 0) is 36.5 Å². The summed E-state index contributed by atoms with van der Waals surface area (Å²) < 4.78 is 0. The second kappa shape index (κ2) is 4.77. The van der Waals surface area contributed by atoms with Crippen LogP contribution in [0.2, 0.25) is 0 Å². The van der Waals surface area contributed by atoms with Crippen molar-refractivity contribution < 1.29 is 14.8 Å². The molecule has 1 fully saturated rings. The van der Waals surface area contributed by atoms with Gasteiger partial charge in [0.05, 0.1) is 0 Å². The molecule has 0 aliphatic carbocycles. The number of nitrogens with zero attached hydrogens (tertiary/aromatic N) is 1. The molecule has 0 bridgehead atoms. The fourth-order valence-electron chi connectivity index (χ4n) is 2.05. The predicted octanol–water partition coefficient (Wildman–Crippen LogP) is -0.815. The Morgan fingerprint density at radius 1 is 1.24 bits per heavy atom. The highest BCUT2D eigenvalue weighted by Crippen LogP contribution is 2.14. The Balaban J connectivity index is 2.28. The van der Waals surface area contributed by atoms with Crippen LogP contribution >= 0.6 is 0 Å². The zero-order valence-electron chi connectivity index (χ0n) is 9.47. The van der Waals surface area contributed by atoms with Crippen molar-refractivity contribution in [3.05, 3.63) is 23.8 Å². The molecule has 1 aromatic rings. The number of nitrogens with two attached hydrogens (primary N) is 1. The maximum absolute atomic E-state index is 12.1. The molecule has 0 atom stereocenters. The molecule has 2 rings (SSSR count). The van der Waals surface area contributed by atoms with Gasteiger partial charge in [-0.25, -0.2) is 0 Å². The van der Waals surface area contributed by atoms with Gasteiger partial charge in [-0.15, -0.1) is 0 Å². The maximum Gasteiger partial charge on any atom is 0.488 e. The number of carbonyl (C=O) groups is 1. The smallest absolute Gasteiger partial charge is 0.423 e. The first-order valence-electron chi connectivity index (χ1n) is 5.64. The van der Waals surface area contributed by atoms with Crippen LogP contribution in [0.3, 0.4) is 0 Å². The van der Waals surface area contributed by atoms with E-state index in [2.05, 4.69) is 0 Å². The van der Waals surface area contributed by atoms with Crippen molar-refractivity contribution in [2.45, 2.75) is 12.8 Å². The molecule has 1 heterocycles. The van der Waals surface area contributed by atoms with Crippen LogP contribution in [0.1, 0.15) is 23.2 Å². The van der Waals surface area contributed by atoms with Gasteiger partial charge >= 0.3 is 7.12 Å². The van der Waals surface area contributed by atoms with Gasteiger partial charge in [-0.3, -0.25) is 4.79 Å². The number of rotatable bonds is 2. The number of carbonyl (C=O) groups excluding carboxylic acids is 1. The lowest BCUT2D eigenvalue weighted by Gasteiger charge is -2.16. The quantitative estimate of drug-likeness (QED) is 0.461. The second-order valence-corrected chi connectivity index (χ2v) is 4.26. The van der Waals surface area contributed by atoms with Gasteiger partial charge < -0.3 is 20.7 Å². The first-order chi connectivity index (χ1) is 8.08. The average molecular weight is 234 g/mol. The van der Waals surface area contributed by atoms with Crippen LogP contribution in [0.25, 0.3) is 0 Å². The van der Waals surface area contributed by atoms with Crippen LogP contribution in [-0.2, 0) is 0 Å². The molecule has 1 aliphatic heterocycles. The largest absolute Gasteiger partial charge is 0.488 e. The van der Waals surface area contributed by atoms with Crippen LogP contribution in [0.15, 0.2) is 18.2 Å². The van der Waals surface area contributed by atoms with Crippen molar-refractivity contribution in [2.24, 2.45) is 0 Å². The van der Waals surface area contributed by atoms with Gasteiger partial charge in [0.15, 0.2) is 0 Å². The topological polar surface area (TPSA) is 86.8 Å². The fraction of sp³-hybridized carbons (Fsp3) is 0.364. The molecule has 17 heavy (non-hydrogen) atoms. The molecule has 0 unspecified atom stereocenters. The number of hydrogen-bond acceptors (Lipinski definition) is 4. The number of likely N-dealkylation sites (tertiary alicyclic amines) is 1. The first kappa shape index (κ1) is 11.9. The van der Waals surface area contributed by atoms with Crippen LogP contribution < -0.4 is 11.2 Å². The minimum absolute atomic E-state index is 0.100. The highest BCUT2D eigenvalue weighted by molar-refractivity contribution is 6.58. The minimum atomic E-state index is -1.61. The molecular formula is C11H15BN2O3. The minimum Gasteiger partial charge on any atom is -0.423 e.